The van der Waals surface area contributed by atoms with Gasteiger partial charge in [-0.2, -0.15) is 0 Å². The number of benzene rings is 6. The number of hydrogen-bond acceptors (Lipinski definition) is 2. The molecule has 0 saturated carbocycles. The molecule has 16 rings (SSSR count). The van der Waals surface area contributed by atoms with E-state index in [0.29, 0.717) is 6.61 Å². The number of hydrogen-bond donors (Lipinski definition) is 0. The van der Waals surface area contributed by atoms with Gasteiger partial charge < -0.3 is 4.74 Å². The van der Waals surface area contributed by atoms with Crippen molar-refractivity contribution < 1.29 is 9.53 Å². The summed E-state index contributed by atoms with van der Waals surface area (Å²) in [7, 11) is 0. The van der Waals surface area contributed by atoms with Crippen molar-refractivity contribution in [2.75, 3.05) is 6.61 Å². The van der Waals surface area contributed by atoms with Gasteiger partial charge in [0, 0.05) is 6.92 Å². The Bertz CT molecular complexity index is 2180. The quantitative estimate of drug-likeness (QED) is 0.159. The smallest absolute Gasteiger partial charge is 0.302 e. The highest BCUT2D eigenvalue weighted by molar-refractivity contribution is 5.89. The maximum Gasteiger partial charge on any atom is 0.302 e. The Balaban J connectivity index is 0.000000767. The number of aryl methyl sites for hydroxylation is 6. The number of rotatable bonds is 1. The van der Waals surface area contributed by atoms with Crippen LogP contribution in [0.5, 0.6) is 0 Å². The van der Waals surface area contributed by atoms with Crippen molar-refractivity contribution in [3.8, 4) is 0 Å². The zero-order chi connectivity index (χ0) is 38.4. The Labute approximate surface area is 320 Å². The summed E-state index contributed by atoms with van der Waals surface area (Å²) in [5.74, 6) is -0.211. The van der Waals surface area contributed by atoms with E-state index in [-0.39, 0.29) is 5.97 Å². The molecular formula is C52H50O2. The highest BCUT2D eigenvalue weighted by Crippen LogP contribution is 2.25. The summed E-state index contributed by atoms with van der Waals surface area (Å²) in [6, 6.07) is 54.0. The average Bonchev–Trinajstić information content (AvgIpc) is 3.22. The van der Waals surface area contributed by atoms with Crippen LogP contribution in [0.1, 0.15) is 47.2 Å². The summed E-state index contributed by atoms with van der Waals surface area (Å²) in [5.41, 5.74) is 7.78. The Morgan fingerprint density at radius 1 is 0.315 bits per heavy atom. The van der Waals surface area contributed by atoms with E-state index in [1.165, 1.54) is 105 Å². The molecule has 0 aliphatic heterocycles. The van der Waals surface area contributed by atoms with E-state index in [4.69, 9.17) is 0 Å². The van der Waals surface area contributed by atoms with Crippen molar-refractivity contribution >= 4 is 70.6 Å². The molecule has 0 radical (unpaired) electrons. The third kappa shape index (κ3) is 8.45. The lowest BCUT2D eigenvalue weighted by atomic mass is 10.0. The molecule has 0 aromatic heterocycles. The molecule has 270 valence electrons. The van der Waals surface area contributed by atoms with Gasteiger partial charge in [-0.25, -0.2) is 0 Å². The van der Waals surface area contributed by atoms with Gasteiger partial charge in [-0.15, -0.1) is 0 Å². The number of esters is 1. The van der Waals surface area contributed by atoms with Gasteiger partial charge in [0.2, 0.25) is 0 Å². The van der Waals surface area contributed by atoms with E-state index < -0.39 is 0 Å². The first-order chi connectivity index (χ1) is 26.0. The maximum atomic E-state index is 9.82. The molecule has 0 aliphatic rings. The molecule has 0 atom stereocenters. The van der Waals surface area contributed by atoms with E-state index >= 15 is 0 Å². The molecule has 2 nitrogen and oxygen atoms in total. The third-order valence-corrected chi connectivity index (χ3v) is 10.9. The van der Waals surface area contributed by atoms with E-state index in [0.717, 1.165) is 0 Å². The normalized spacial score (nSPS) is 10.7. The lowest BCUT2D eigenvalue weighted by Crippen LogP contribution is -1.95. The molecule has 2 heteroatoms. The summed E-state index contributed by atoms with van der Waals surface area (Å²) in [6.45, 7) is 17.0. The van der Waals surface area contributed by atoms with Gasteiger partial charge in [-0.05, 0) is 146 Å². The van der Waals surface area contributed by atoms with Gasteiger partial charge in [0.25, 0.3) is 0 Å². The molecule has 16 aromatic rings. The van der Waals surface area contributed by atoms with Gasteiger partial charge >= 0.3 is 5.97 Å². The highest BCUT2D eigenvalue weighted by atomic mass is 16.5. The van der Waals surface area contributed by atoms with E-state index in [1.54, 1.807) is 6.92 Å². The molecule has 0 unspecified atom stereocenters. The molecule has 0 spiro atoms. The van der Waals surface area contributed by atoms with E-state index in [9.17, 15) is 4.79 Å². The number of carbonyl (C=O) groups excluding carboxylic acids is 1. The van der Waals surface area contributed by atoms with E-state index in [2.05, 4.69) is 192 Å². The first kappa shape index (κ1) is 37.8. The van der Waals surface area contributed by atoms with Crippen LogP contribution in [0, 0.1) is 41.5 Å². The molecule has 0 N–H and O–H groups in total. The molecule has 12 bridgehead atoms. The summed E-state index contributed by atoms with van der Waals surface area (Å²) in [6.07, 6.45) is 0. The number of carbonyl (C=O) groups is 1. The van der Waals surface area contributed by atoms with Crippen LogP contribution in [0.15, 0.2) is 146 Å². The minimum Gasteiger partial charge on any atom is -0.466 e. The fourth-order valence-corrected chi connectivity index (χ4v) is 6.98. The Morgan fingerprint density at radius 2 is 0.444 bits per heavy atom. The topological polar surface area (TPSA) is 26.3 Å². The molecule has 0 fully saturated rings. The predicted molar refractivity (Wildman–Crippen MR) is 235 cm³/mol. The monoisotopic (exact) mass is 706 g/mol. The van der Waals surface area contributed by atoms with Gasteiger partial charge in [0.15, 0.2) is 0 Å². The zero-order valence-corrected chi connectivity index (χ0v) is 32.9. The minimum absolute atomic E-state index is 0.211. The lowest BCUT2D eigenvalue weighted by molar-refractivity contribution is -0.140. The van der Waals surface area contributed by atoms with Gasteiger partial charge in [0.05, 0.1) is 6.61 Å². The van der Waals surface area contributed by atoms with Crippen molar-refractivity contribution in [3.05, 3.63) is 179 Å². The van der Waals surface area contributed by atoms with Crippen LogP contribution in [0.4, 0.5) is 0 Å². The summed E-state index contributed by atoms with van der Waals surface area (Å²) < 4.78 is 4.40. The maximum absolute atomic E-state index is 9.82. The fraction of sp³-hybridized carbons (Fsp3) is 0.173. The van der Waals surface area contributed by atoms with Crippen molar-refractivity contribution in [2.24, 2.45) is 0 Å². The zero-order valence-electron chi connectivity index (χ0n) is 32.9. The lowest BCUT2D eigenvalue weighted by Gasteiger charge is -2.05. The van der Waals surface area contributed by atoms with Crippen molar-refractivity contribution in [2.45, 2.75) is 55.4 Å². The first-order valence-corrected chi connectivity index (χ1v) is 18.8. The molecule has 54 heavy (non-hydrogen) atoms. The Kier molecular flexibility index (Phi) is 11.7. The van der Waals surface area contributed by atoms with Crippen LogP contribution in [-0.4, -0.2) is 12.6 Å². The van der Waals surface area contributed by atoms with Crippen LogP contribution in [0.25, 0.3) is 64.6 Å². The van der Waals surface area contributed by atoms with Gasteiger partial charge in [0.1, 0.15) is 0 Å². The minimum atomic E-state index is -0.211. The van der Waals surface area contributed by atoms with Crippen LogP contribution >= 0.6 is 0 Å². The van der Waals surface area contributed by atoms with Crippen LogP contribution in [0.3, 0.4) is 0 Å². The fourth-order valence-electron chi connectivity index (χ4n) is 6.98. The largest absolute Gasteiger partial charge is 0.466 e. The summed E-state index contributed by atoms with van der Waals surface area (Å²) >= 11 is 0. The molecule has 0 heterocycles. The predicted octanol–water partition coefficient (Wildman–Crippen LogP) is 14.4. The molecule has 0 saturated heterocycles. The van der Waals surface area contributed by atoms with Gasteiger partial charge in [-0.1, -0.05) is 146 Å². The Hall–Kier alpha value is -5.99. The summed E-state index contributed by atoms with van der Waals surface area (Å²) in [5, 5.41) is 14.9. The van der Waals surface area contributed by atoms with Crippen LogP contribution in [0.2, 0.25) is 0 Å². The Morgan fingerprint density at radius 3 is 0.537 bits per heavy atom. The van der Waals surface area contributed by atoms with E-state index in [1.807, 2.05) is 0 Å². The van der Waals surface area contributed by atoms with Crippen LogP contribution in [-0.2, 0) is 9.53 Å². The average molecular weight is 707 g/mol. The van der Waals surface area contributed by atoms with Crippen molar-refractivity contribution in [1.29, 1.82) is 0 Å². The SMILES string of the molecule is CCOC(C)=O.Cc1c(C)c2ccc(cc2)c2ccc(cc2)c(C)c(C)c2ccc(cc2)c2ccc(cc2)c(C)c(C)c2ccc(cc2)c2ccc1cc2. The number of ether oxygens (including phenoxy) is 1. The first-order valence-electron chi connectivity index (χ1n) is 18.8. The highest BCUT2D eigenvalue weighted by Gasteiger charge is 2.02. The molecule has 0 amide bonds. The third-order valence-electron chi connectivity index (χ3n) is 10.9. The standard InChI is InChI=1S/C48H42.C4H8O2/c1-31-32(2)38-9-21-44(22-10-38)46-25-13-40(14-26-46)35(5)36(6)42-17-29-48(30-18-42)47-27-15-41(16-28-47)34(4)33(3)39-11-23-45(24-12-39)43-19-7-37(31)8-20-43;1-3-6-4(2)5/h7-30H,1-6H3;3H2,1-2H3. The van der Waals surface area contributed by atoms with Crippen LogP contribution < -0.4 is 0 Å². The summed E-state index contributed by atoms with van der Waals surface area (Å²) in [4.78, 5) is 9.82. The second kappa shape index (κ2) is 16.8. The van der Waals surface area contributed by atoms with Crippen molar-refractivity contribution in [1.82, 2.24) is 0 Å². The van der Waals surface area contributed by atoms with Crippen molar-refractivity contribution in [3.63, 3.8) is 0 Å². The molecular weight excluding hydrogens is 657 g/mol. The molecule has 16 aromatic carbocycles. The van der Waals surface area contributed by atoms with Gasteiger partial charge in [-0.3, -0.25) is 4.79 Å². The second-order valence-electron chi connectivity index (χ2n) is 14.1. The molecule has 0 aliphatic carbocycles. The second-order valence-corrected chi connectivity index (χ2v) is 14.1.